The van der Waals surface area contributed by atoms with Gasteiger partial charge in [-0.3, -0.25) is 4.79 Å². The molecule has 126 valence electrons. The van der Waals surface area contributed by atoms with Crippen LogP contribution < -0.4 is 0 Å². The van der Waals surface area contributed by atoms with Crippen LogP contribution in [0.15, 0.2) is 11.6 Å². The Hall–Kier alpha value is -1.40. The first-order valence-corrected chi connectivity index (χ1v) is 8.27. The summed E-state index contributed by atoms with van der Waals surface area (Å²) in [7, 11) is 3.93. The summed E-state index contributed by atoms with van der Waals surface area (Å²) in [6.07, 6.45) is 2.76. The molecule has 0 N–H and O–H groups in total. The Labute approximate surface area is 135 Å². The van der Waals surface area contributed by atoms with Gasteiger partial charge in [0.15, 0.2) is 0 Å². The molecule has 0 aromatic rings. The second-order valence-corrected chi connectivity index (χ2v) is 7.67. The summed E-state index contributed by atoms with van der Waals surface area (Å²) < 4.78 is 17.1. The lowest BCUT2D eigenvalue weighted by atomic mass is 9.80. The molecule has 4 aliphatic rings. The number of epoxide rings is 1. The van der Waals surface area contributed by atoms with E-state index in [1.54, 1.807) is 0 Å². The Kier molecular flexibility index (Phi) is 3.16. The monoisotopic (exact) mass is 321 g/mol. The fourth-order valence-electron chi connectivity index (χ4n) is 4.38. The number of nitrogens with zero attached hydrogens (tertiary/aromatic N) is 1. The molecule has 0 spiro atoms. The highest BCUT2D eigenvalue weighted by Crippen LogP contribution is 2.50. The van der Waals surface area contributed by atoms with Gasteiger partial charge in [-0.25, -0.2) is 4.79 Å². The zero-order valence-corrected chi connectivity index (χ0v) is 13.9. The van der Waals surface area contributed by atoms with Gasteiger partial charge in [0.2, 0.25) is 0 Å². The van der Waals surface area contributed by atoms with Crippen LogP contribution in [0.4, 0.5) is 0 Å². The van der Waals surface area contributed by atoms with Gasteiger partial charge in [-0.05, 0) is 33.5 Å². The second kappa shape index (κ2) is 4.80. The van der Waals surface area contributed by atoms with Gasteiger partial charge < -0.3 is 19.1 Å². The van der Waals surface area contributed by atoms with Crippen LogP contribution in [0, 0.1) is 11.8 Å². The van der Waals surface area contributed by atoms with Gasteiger partial charge in [0.1, 0.15) is 12.2 Å². The molecule has 0 radical (unpaired) electrons. The van der Waals surface area contributed by atoms with Gasteiger partial charge in [0.05, 0.1) is 23.2 Å². The first kappa shape index (κ1) is 15.1. The maximum Gasteiger partial charge on any atom is 0.336 e. The molecular weight excluding hydrogens is 298 g/mol. The van der Waals surface area contributed by atoms with Crippen LogP contribution in [0.1, 0.15) is 26.7 Å². The first-order chi connectivity index (χ1) is 10.8. The number of fused-ring (bicyclic) bond motifs is 4. The van der Waals surface area contributed by atoms with Gasteiger partial charge in [-0.1, -0.05) is 6.92 Å². The van der Waals surface area contributed by atoms with E-state index >= 15 is 0 Å². The van der Waals surface area contributed by atoms with Crippen molar-refractivity contribution in [3.05, 3.63) is 11.6 Å². The zero-order valence-electron chi connectivity index (χ0n) is 13.9. The van der Waals surface area contributed by atoms with Crippen LogP contribution in [0.25, 0.3) is 0 Å². The van der Waals surface area contributed by atoms with Crippen molar-refractivity contribution in [1.82, 2.24) is 4.90 Å². The van der Waals surface area contributed by atoms with E-state index in [0.29, 0.717) is 12.0 Å². The van der Waals surface area contributed by atoms with Crippen LogP contribution in [-0.4, -0.2) is 60.9 Å². The van der Waals surface area contributed by atoms with Crippen LogP contribution in [0.5, 0.6) is 0 Å². The standard InChI is InChI=1S/C17H23NO5/c1-8-14-11-5-9(16(20)21-11)10(18(3)4)6-13-17(2,23-13)7-12(14)22-15(8)19/h5,8,10-14H,6-7H2,1-4H3. The van der Waals surface area contributed by atoms with Gasteiger partial charge in [0, 0.05) is 18.4 Å². The third-order valence-electron chi connectivity index (χ3n) is 5.91. The molecule has 4 rings (SSSR count). The highest BCUT2D eigenvalue weighted by molar-refractivity contribution is 5.92. The number of hydrogen-bond acceptors (Lipinski definition) is 6. The van der Waals surface area contributed by atoms with Crippen molar-refractivity contribution in [3.63, 3.8) is 0 Å². The van der Waals surface area contributed by atoms with E-state index in [1.807, 2.05) is 32.0 Å². The van der Waals surface area contributed by atoms with Crippen LogP contribution in [0.3, 0.4) is 0 Å². The van der Waals surface area contributed by atoms with Gasteiger partial charge in [0.25, 0.3) is 0 Å². The lowest BCUT2D eigenvalue weighted by molar-refractivity contribution is -0.144. The summed E-state index contributed by atoms with van der Waals surface area (Å²) in [5.41, 5.74) is 0.409. The minimum atomic E-state index is -0.384. The van der Waals surface area contributed by atoms with E-state index in [1.165, 1.54) is 0 Å². The van der Waals surface area contributed by atoms with Crippen molar-refractivity contribution in [2.75, 3.05) is 14.1 Å². The number of carbonyl (C=O) groups is 2. The Bertz CT molecular complexity index is 600. The Balaban J connectivity index is 1.75. The topological polar surface area (TPSA) is 68.4 Å². The Morgan fingerprint density at radius 2 is 2.00 bits per heavy atom. The number of hydrogen-bond donors (Lipinski definition) is 0. The lowest BCUT2D eigenvalue weighted by Crippen LogP contribution is -2.36. The summed E-state index contributed by atoms with van der Waals surface area (Å²) in [6.45, 7) is 3.92. The number of ether oxygens (including phenoxy) is 3. The molecule has 1 aliphatic carbocycles. The largest absolute Gasteiger partial charge is 0.462 e. The minimum Gasteiger partial charge on any atom is -0.462 e. The fraction of sp³-hybridized carbons (Fsp3) is 0.765. The average Bonchev–Trinajstić information content (AvgIpc) is 2.79. The summed E-state index contributed by atoms with van der Waals surface area (Å²) >= 11 is 0. The highest BCUT2D eigenvalue weighted by atomic mass is 16.6. The number of rotatable bonds is 1. The molecular formula is C17H23NO5. The summed E-state index contributed by atoms with van der Waals surface area (Å²) in [6, 6.07) is -0.0239. The summed E-state index contributed by atoms with van der Waals surface area (Å²) in [4.78, 5) is 26.5. The van der Waals surface area contributed by atoms with Gasteiger partial charge >= 0.3 is 11.9 Å². The maximum atomic E-state index is 12.4. The SMILES string of the molecule is CC1C(=O)OC2CC3(C)OC3CC(N(C)C)C3=CC(OC3=O)C21. The molecule has 0 amide bonds. The second-order valence-electron chi connectivity index (χ2n) is 7.67. The van der Waals surface area contributed by atoms with E-state index in [4.69, 9.17) is 14.2 Å². The molecule has 23 heavy (non-hydrogen) atoms. The minimum absolute atomic E-state index is 0.0239. The van der Waals surface area contributed by atoms with Crippen molar-refractivity contribution in [2.24, 2.45) is 11.8 Å². The molecule has 3 heterocycles. The van der Waals surface area contributed by atoms with E-state index in [9.17, 15) is 9.59 Å². The van der Waals surface area contributed by atoms with Crippen LogP contribution >= 0.6 is 0 Å². The first-order valence-electron chi connectivity index (χ1n) is 8.27. The number of carbonyl (C=O) groups excluding carboxylic acids is 2. The molecule has 7 atom stereocenters. The number of likely N-dealkylation sites (N-methyl/N-ethyl adjacent to an activating group) is 1. The molecule has 3 aliphatic heterocycles. The fourth-order valence-corrected chi connectivity index (χ4v) is 4.38. The Morgan fingerprint density at radius 3 is 2.70 bits per heavy atom. The van der Waals surface area contributed by atoms with E-state index < -0.39 is 0 Å². The van der Waals surface area contributed by atoms with Crippen molar-refractivity contribution < 1.29 is 23.8 Å². The number of esters is 2. The predicted octanol–water partition coefficient (Wildman–Crippen LogP) is 0.897. The summed E-state index contributed by atoms with van der Waals surface area (Å²) in [5.74, 6) is -0.886. The van der Waals surface area contributed by atoms with Crippen molar-refractivity contribution in [3.8, 4) is 0 Å². The van der Waals surface area contributed by atoms with E-state index in [0.717, 1.165) is 6.42 Å². The van der Waals surface area contributed by atoms with Crippen molar-refractivity contribution in [1.29, 1.82) is 0 Å². The maximum absolute atomic E-state index is 12.4. The quantitative estimate of drug-likeness (QED) is 0.528. The van der Waals surface area contributed by atoms with Gasteiger partial charge in [-0.15, -0.1) is 0 Å². The van der Waals surface area contributed by atoms with Gasteiger partial charge in [-0.2, -0.15) is 0 Å². The third kappa shape index (κ3) is 2.22. The zero-order chi connectivity index (χ0) is 16.5. The van der Waals surface area contributed by atoms with Crippen molar-refractivity contribution >= 4 is 11.9 Å². The molecule has 2 bridgehead atoms. The molecule has 6 nitrogen and oxygen atoms in total. The van der Waals surface area contributed by atoms with Crippen LogP contribution in [0.2, 0.25) is 0 Å². The normalized spacial score (nSPS) is 48.3. The average molecular weight is 321 g/mol. The van der Waals surface area contributed by atoms with Crippen molar-refractivity contribution in [2.45, 2.75) is 56.6 Å². The molecule has 6 heteroatoms. The third-order valence-corrected chi connectivity index (χ3v) is 5.91. The summed E-state index contributed by atoms with van der Waals surface area (Å²) in [5, 5.41) is 0. The molecule has 0 aromatic carbocycles. The van der Waals surface area contributed by atoms with E-state index in [-0.39, 0.29) is 53.7 Å². The molecule has 2 fully saturated rings. The molecule has 7 unspecified atom stereocenters. The highest BCUT2D eigenvalue weighted by Gasteiger charge is 2.60. The lowest BCUT2D eigenvalue weighted by Gasteiger charge is -2.26. The molecule has 0 aromatic heterocycles. The van der Waals surface area contributed by atoms with Crippen LogP contribution in [-0.2, 0) is 23.8 Å². The Morgan fingerprint density at radius 1 is 1.26 bits per heavy atom. The van der Waals surface area contributed by atoms with E-state index in [2.05, 4.69) is 6.92 Å². The smallest absolute Gasteiger partial charge is 0.336 e. The molecule has 0 saturated carbocycles. The predicted molar refractivity (Wildman–Crippen MR) is 80.5 cm³/mol. The molecule has 2 saturated heterocycles.